The van der Waals surface area contributed by atoms with Crippen molar-refractivity contribution in [3.8, 4) is 5.75 Å². The van der Waals surface area contributed by atoms with Crippen molar-refractivity contribution in [2.24, 2.45) is 5.73 Å². The molecule has 0 fully saturated rings. The van der Waals surface area contributed by atoms with Crippen LogP contribution < -0.4 is 10.5 Å². The van der Waals surface area contributed by atoms with Gasteiger partial charge in [0.1, 0.15) is 0 Å². The highest BCUT2D eigenvalue weighted by molar-refractivity contribution is 6.34. The molecule has 1 aromatic rings. The van der Waals surface area contributed by atoms with Gasteiger partial charge in [0.2, 0.25) is 0 Å². The summed E-state index contributed by atoms with van der Waals surface area (Å²) in [7, 11) is 1.59. The molecule has 0 saturated heterocycles. The average molecular weight is 263 g/mol. The molecule has 0 radical (unpaired) electrons. The smallest absolute Gasteiger partial charge is 0.409 e. The summed E-state index contributed by atoms with van der Waals surface area (Å²) in [5.41, 5.74) is 5.32. The first-order valence-electron chi connectivity index (χ1n) is 4.62. The van der Waals surface area contributed by atoms with Gasteiger partial charge >= 0.3 is 6.09 Å². The zero-order chi connectivity index (χ0) is 12.1. The molecule has 0 aliphatic rings. The number of hydrogen-bond donors (Lipinski definition) is 1. The van der Waals surface area contributed by atoms with E-state index in [9.17, 15) is 4.79 Å². The second-order valence-corrected chi connectivity index (χ2v) is 4.00. The van der Waals surface area contributed by atoms with Gasteiger partial charge in [-0.15, -0.1) is 0 Å². The van der Waals surface area contributed by atoms with E-state index < -0.39 is 6.09 Å². The molecule has 0 aliphatic carbocycles. The zero-order valence-corrected chi connectivity index (χ0v) is 10.3. The van der Waals surface area contributed by atoms with Gasteiger partial charge in [-0.3, -0.25) is 0 Å². The highest BCUT2D eigenvalue weighted by Crippen LogP contribution is 2.27. The molecule has 0 aliphatic heterocycles. The van der Waals surface area contributed by atoms with E-state index in [1.807, 2.05) is 0 Å². The number of rotatable bonds is 3. The maximum atomic E-state index is 11.5. The molecule has 1 rings (SSSR count). The van der Waals surface area contributed by atoms with E-state index in [4.69, 9.17) is 33.7 Å². The molecule has 6 heteroatoms. The van der Waals surface area contributed by atoms with Crippen LogP contribution in [0.25, 0.3) is 0 Å². The van der Waals surface area contributed by atoms with Gasteiger partial charge in [-0.2, -0.15) is 0 Å². The number of hydrogen-bond acceptors (Lipinski definition) is 3. The van der Waals surface area contributed by atoms with Gasteiger partial charge in [-0.1, -0.05) is 23.2 Å². The summed E-state index contributed by atoms with van der Waals surface area (Å²) in [5, 5.41) is 0.785. The van der Waals surface area contributed by atoms with Crippen molar-refractivity contribution >= 4 is 29.3 Å². The first-order chi connectivity index (χ1) is 7.54. The lowest BCUT2D eigenvalue weighted by Crippen LogP contribution is -2.33. The molecule has 0 bridgehead atoms. The highest BCUT2D eigenvalue weighted by atomic mass is 35.5. The van der Waals surface area contributed by atoms with Crippen molar-refractivity contribution in [1.29, 1.82) is 0 Å². The maximum absolute atomic E-state index is 11.5. The van der Waals surface area contributed by atoms with Gasteiger partial charge in [-0.25, -0.2) is 4.79 Å². The third-order valence-electron chi connectivity index (χ3n) is 1.87. The number of nitrogens with zero attached hydrogens (tertiary/aromatic N) is 1. The van der Waals surface area contributed by atoms with Crippen molar-refractivity contribution in [3.63, 3.8) is 0 Å². The second-order valence-electron chi connectivity index (χ2n) is 3.15. The normalized spacial score (nSPS) is 10.0. The number of amides is 1. The van der Waals surface area contributed by atoms with E-state index in [2.05, 4.69) is 0 Å². The Morgan fingerprint density at radius 1 is 1.50 bits per heavy atom. The minimum atomic E-state index is -0.519. The lowest BCUT2D eigenvalue weighted by atomic mass is 10.3. The number of carbonyl (C=O) groups is 1. The number of ether oxygens (including phenoxy) is 1. The van der Waals surface area contributed by atoms with Crippen molar-refractivity contribution in [1.82, 2.24) is 4.90 Å². The number of likely N-dealkylation sites (N-methyl/N-ethyl adjacent to an activating group) is 1. The van der Waals surface area contributed by atoms with Crippen molar-refractivity contribution in [2.45, 2.75) is 0 Å². The summed E-state index contributed by atoms with van der Waals surface area (Å²) >= 11 is 11.6. The first-order valence-corrected chi connectivity index (χ1v) is 5.38. The standard InChI is InChI=1S/C10H12Cl2N2O2/c1-14(5-4-13)10(15)16-9-6-7(11)2-3-8(9)12/h2-3,6H,4-5,13H2,1H3. The van der Waals surface area contributed by atoms with Gasteiger partial charge in [0.05, 0.1) is 5.02 Å². The monoisotopic (exact) mass is 262 g/mol. The van der Waals surface area contributed by atoms with Crippen LogP contribution in [-0.4, -0.2) is 31.1 Å². The lowest BCUT2D eigenvalue weighted by Gasteiger charge is -2.16. The Morgan fingerprint density at radius 3 is 2.81 bits per heavy atom. The van der Waals surface area contributed by atoms with Crippen LogP contribution in [0, 0.1) is 0 Å². The second kappa shape index (κ2) is 5.94. The highest BCUT2D eigenvalue weighted by Gasteiger charge is 2.12. The van der Waals surface area contributed by atoms with Crippen LogP contribution in [0.5, 0.6) is 5.75 Å². The molecule has 0 aromatic heterocycles. The van der Waals surface area contributed by atoms with E-state index in [1.165, 1.54) is 11.0 Å². The predicted molar refractivity (Wildman–Crippen MR) is 64.2 cm³/mol. The number of carbonyl (C=O) groups excluding carboxylic acids is 1. The quantitative estimate of drug-likeness (QED) is 0.910. The van der Waals surface area contributed by atoms with Crippen LogP contribution in [0.3, 0.4) is 0 Å². The Hall–Kier alpha value is -0.970. The van der Waals surface area contributed by atoms with E-state index in [0.29, 0.717) is 23.1 Å². The van der Waals surface area contributed by atoms with Crippen LogP contribution in [0.4, 0.5) is 4.79 Å². The molecule has 0 unspecified atom stereocenters. The van der Waals surface area contributed by atoms with E-state index in [0.717, 1.165) is 0 Å². The SMILES string of the molecule is CN(CCN)C(=O)Oc1cc(Cl)ccc1Cl. The molecule has 0 atom stereocenters. The molecular formula is C10H12Cl2N2O2. The van der Waals surface area contributed by atoms with Gasteiger partial charge in [0.15, 0.2) is 5.75 Å². The summed E-state index contributed by atoms with van der Waals surface area (Å²) in [5.74, 6) is 0.239. The maximum Gasteiger partial charge on any atom is 0.415 e. The number of nitrogens with two attached hydrogens (primary N) is 1. The van der Waals surface area contributed by atoms with Gasteiger partial charge in [0, 0.05) is 31.2 Å². The lowest BCUT2D eigenvalue weighted by molar-refractivity contribution is 0.164. The Labute approximate surface area is 104 Å². The topological polar surface area (TPSA) is 55.6 Å². The van der Waals surface area contributed by atoms with E-state index >= 15 is 0 Å². The number of benzene rings is 1. The van der Waals surface area contributed by atoms with E-state index in [-0.39, 0.29) is 5.75 Å². The number of halogens is 2. The predicted octanol–water partition coefficient (Wildman–Crippen LogP) is 2.38. The third kappa shape index (κ3) is 3.56. The third-order valence-corrected chi connectivity index (χ3v) is 2.41. The summed E-state index contributed by atoms with van der Waals surface area (Å²) < 4.78 is 5.06. The summed E-state index contributed by atoms with van der Waals surface area (Å²) in [6, 6.07) is 4.67. The van der Waals surface area contributed by atoms with Crippen molar-refractivity contribution in [3.05, 3.63) is 28.2 Å². The van der Waals surface area contributed by atoms with Crippen LogP contribution in [0.1, 0.15) is 0 Å². The Kier molecular flexibility index (Phi) is 4.86. The van der Waals surface area contributed by atoms with Crippen molar-refractivity contribution in [2.75, 3.05) is 20.1 Å². The van der Waals surface area contributed by atoms with Gasteiger partial charge in [-0.05, 0) is 12.1 Å². The summed E-state index contributed by atoms with van der Waals surface area (Å²) in [4.78, 5) is 12.9. The van der Waals surface area contributed by atoms with Crippen LogP contribution in [0.15, 0.2) is 18.2 Å². The summed E-state index contributed by atoms with van der Waals surface area (Å²) in [6.07, 6.45) is -0.519. The molecule has 0 heterocycles. The van der Waals surface area contributed by atoms with Crippen LogP contribution in [0.2, 0.25) is 10.0 Å². The molecule has 2 N–H and O–H groups in total. The molecule has 0 saturated carbocycles. The largest absolute Gasteiger partial charge is 0.415 e. The molecule has 4 nitrogen and oxygen atoms in total. The molecule has 1 aromatic carbocycles. The molecule has 1 amide bonds. The fraction of sp³-hybridized carbons (Fsp3) is 0.300. The minimum absolute atomic E-state index is 0.239. The van der Waals surface area contributed by atoms with Crippen molar-refractivity contribution < 1.29 is 9.53 Å². The molecule has 88 valence electrons. The zero-order valence-electron chi connectivity index (χ0n) is 8.74. The fourth-order valence-corrected chi connectivity index (χ4v) is 1.33. The minimum Gasteiger partial charge on any atom is -0.409 e. The fourth-order valence-electron chi connectivity index (χ4n) is 1.01. The molecular weight excluding hydrogens is 251 g/mol. The Bertz CT molecular complexity index is 385. The average Bonchev–Trinajstić information content (AvgIpc) is 2.23. The molecule has 16 heavy (non-hydrogen) atoms. The molecule has 0 spiro atoms. The van der Waals surface area contributed by atoms with Gasteiger partial charge < -0.3 is 15.4 Å². The van der Waals surface area contributed by atoms with Crippen LogP contribution >= 0.6 is 23.2 Å². The summed E-state index contributed by atoms with van der Waals surface area (Å²) in [6.45, 7) is 0.784. The van der Waals surface area contributed by atoms with Crippen LogP contribution in [-0.2, 0) is 0 Å². The van der Waals surface area contributed by atoms with Gasteiger partial charge in [0.25, 0.3) is 0 Å². The van der Waals surface area contributed by atoms with E-state index in [1.54, 1.807) is 19.2 Å². The first kappa shape index (κ1) is 13.1. The Balaban J connectivity index is 2.72. The Morgan fingerprint density at radius 2 is 2.19 bits per heavy atom.